The average molecular weight is 288 g/mol. The van der Waals surface area contributed by atoms with Crippen LogP contribution in [-0.4, -0.2) is 38.5 Å². The molecule has 0 saturated heterocycles. The lowest BCUT2D eigenvalue weighted by atomic mass is 10.2. The maximum Gasteiger partial charge on any atom is 0.267 e. The van der Waals surface area contributed by atoms with Crippen molar-refractivity contribution in [2.45, 2.75) is 24.3 Å². The lowest BCUT2D eigenvalue weighted by molar-refractivity contribution is 0.0955. The van der Waals surface area contributed by atoms with Gasteiger partial charge in [0.2, 0.25) is 10.0 Å². The first-order valence-corrected chi connectivity index (χ1v) is 7.43. The Morgan fingerprint density at radius 1 is 1.53 bits per heavy atom. The molecular weight excluding hydrogens is 268 g/mol. The summed E-state index contributed by atoms with van der Waals surface area (Å²) in [4.78, 5) is 11.6. The lowest BCUT2D eigenvalue weighted by Crippen LogP contribution is -2.36. The molecular formula is C11H20N4O3S. The van der Waals surface area contributed by atoms with Crippen LogP contribution in [0.2, 0.25) is 0 Å². The quantitative estimate of drug-likeness (QED) is 0.650. The van der Waals surface area contributed by atoms with Gasteiger partial charge in [0.1, 0.15) is 10.6 Å². The lowest BCUT2D eigenvalue weighted by Gasteiger charge is -2.09. The molecule has 0 saturated carbocycles. The molecule has 1 rings (SSSR count). The van der Waals surface area contributed by atoms with E-state index in [-0.39, 0.29) is 29.1 Å². The van der Waals surface area contributed by atoms with Crippen molar-refractivity contribution in [1.82, 2.24) is 14.6 Å². The number of aryl methyl sites for hydroxylation is 1. The minimum atomic E-state index is -3.64. The van der Waals surface area contributed by atoms with Gasteiger partial charge in [0, 0.05) is 32.9 Å². The van der Waals surface area contributed by atoms with Crippen LogP contribution in [0, 0.1) is 0 Å². The van der Waals surface area contributed by atoms with Crippen LogP contribution in [0.4, 0.5) is 0 Å². The zero-order valence-electron chi connectivity index (χ0n) is 11.3. The van der Waals surface area contributed by atoms with E-state index in [1.54, 1.807) is 7.05 Å². The van der Waals surface area contributed by atoms with Gasteiger partial charge in [-0.1, -0.05) is 6.92 Å². The third-order valence-corrected chi connectivity index (χ3v) is 4.20. The second kappa shape index (κ2) is 6.18. The second-order valence-electron chi connectivity index (χ2n) is 4.27. The number of carbonyl (C=O) groups is 1. The highest BCUT2D eigenvalue weighted by molar-refractivity contribution is 7.89. The summed E-state index contributed by atoms with van der Waals surface area (Å²) in [6, 6.07) is 1.11. The van der Waals surface area contributed by atoms with E-state index in [2.05, 4.69) is 10.0 Å². The van der Waals surface area contributed by atoms with Crippen molar-refractivity contribution >= 4 is 15.9 Å². The molecule has 1 unspecified atom stereocenters. The molecule has 19 heavy (non-hydrogen) atoms. The Labute approximate surface area is 113 Å². The molecule has 8 heteroatoms. The first-order valence-electron chi connectivity index (χ1n) is 5.95. The van der Waals surface area contributed by atoms with E-state index in [9.17, 15) is 13.2 Å². The highest BCUT2D eigenvalue weighted by Gasteiger charge is 2.20. The van der Waals surface area contributed by atoms with Crippen molar-refractivity contribution in [3.63, 3.8) is 0 Å². The Kier molecular flexibility index (Phi) is 5.10. The van der Waals surface area contributed by atoms with Gasteiger partial charge in [0.05, 0.1) is 0 Å². The fourth-order valence-electron chi connectivity index (χ4n) is 1.48. The number of hydrogen-bond acceptors (Lipinski definition) is 4. The molecule has 4 N–H and O–H groups in total. The Bertz CT molecular complexity index is 550. The Balaban J connectivity index is 2.93. The number of carbonyl (C=O) groups excluding carboxylic acids is 1. The number of sulfonamides is 1. The molecule has 0 radical (unpaired) electrons. The van der Waals surface area contributed by atoms with Crippen LogP contribution in [0.1, 0.15) is 23.8 Å². The van der Waals surface area contributed by atoms with Gasteiger partial charge in [-0.2, -0.15) is 0 Å². The van der Waals surface area contributed by atoms with Crippen LogP contribution in [-0.2, 0) is 17.1 Å². The summed E-state index contributed by atoms with van der Waals surface area (Å²) in [6.07, 6.45) is 2.07. The SMILES string of the molecule is CCC(N)CNS(=O)(=O)c1cc(C(=O)NC)n(C)c1. The molecule has 0 fully saturated rings. The zero-order chi connectivity index (χ0) is 14.6. The van der Waals surface area contributed by atoms with Gasteiger partial charge in [-0.15, -0.1) is 0 Å². The van der Waals surface area contributed by atoms with Crippen LogP contribution in [0.3, 0.4) is 0 Å². The smallest absolute Gasteiger partial charge is 0.267 e. The van der Waals surface area contributed by atoms with Crippen LogP contribution in [0.15, 0.2) is 17.2 Å². The van der Waals surface area contributed by atoms with Gasteiger partial charge in [-0.05, 0) is 12.5 Å². The summed E-state index contributed by atoms with van der Waals surface area (Å²) in [5.74, 6) is -0.339. The van der Waals surface area contributed by atoms with E-state index < -0.39 is 10.0 Å². The number of hydrogen-bond donors (Lipinski definition) is 3. The number of amides is 1. The summed E-state index contributed by atoms with van der Waals surface area (Å²) in [7, 11) is -0.539. The molecule has 1 atom stereocenters. The molecule has 1 heterocycles. The number of nitrogens with one attached hydrogen (secondary N) is 2. The van der Waals surface area contributed by atoms with Gasteiger partial charge in [0.25, 0.3) is 5.91 Å². The minimum Gasteiger partial charge on any atom is -0.354 e. The van der Waals surface area contributed by atoms with Gasteiger partial charge in [-0.25, -0.2) is 13.1 Å². The molecule has 0 bridgehead atoms. The van der Waals surface area contributed by atoms with Gasteiger partial charge in [0.15, 0.2) is 0 Å². The van der Waals surface area contributed by atoms with E-state index in [0.717, 1.165) is 0 Å². The van der Waals surface area contributed by atoms with Crippen molar-refractivity contribution in [3.05, 3.63) is 18.0 Å². The molecule has 1 aromatic heterocycles. The number of nitrogens with zero attached hydrogens (tertiary/aromatic N) is 1. The number of nitrogens with two attached hydrogens (primary N) is 1. The highest BCUT2D eigenvalue weighted by atomic mass is 32.2. The normalized spacial score (nSPS) is 13.3. The first-order chi connectivity index (χ1) is 8.81. The highest BCUT2D eigenvalue weighted by Crippen LogP contribution is 2.13. The Morgan fingerprint density at radius 3 is 2.68 bits per heavy atom. The third kappa shape index (κ3) is 3.79. The molecule has 0 aliphatic carbocycles. The monoisotopic (exact) mass is 288 g/mol. The molecule has 7 nitrogen and oxygen atoms in total. The fourth-order valence-corrected chi connectivity index (χ4v) is 2.64. The number of aromatic nitrogens is 1. The van der Waals surface area contributed by atoms with Crippen molar-refractivity contribution in [1.29, 1.82) is 0 Å². The molecule has 108 valence electrons. The maximum absolute atomic E-state index is 12.0. The molecule has 0 aromatic carbocycles. The van der Waals surface area contributed by atoms with E-state index in [4.69, 9.17) is 5.73 Å². The maximum atomic E-state index is 12.0. The Hall–Kier alpha value is -1.38. The number of rotatable bonds is 6. The van der Waals surface area contributed by atoms with Crippen molar-refractivity contribution < 1.29 is 13.2 Å². The Morgan fingerprint density at radius 2 is 2.16 bits per heavy atom. The average Bonchev–Trinajstić information content (AvgIpc) is 2.78. The van der Waals surface area contributed by atoms with Crippen molar-refractivity contribution in [2.24, 2.45) is 12.8 Å². The van der Waals surface area contributed by atoms with Gasteiger partial charge < -0.3 is 15.6 Å². The van der Waals surface area contributed by atoms with E-state index in [0.29, 0.717) is 6.42 Å². The van der Waals surface area contributed by atoms with Crippen LogP contribution in [0.5, 0.6) is 0 Å². The van der Waals surface area contributed by atoms with E-state index in [1.165, 1.54) is 23.9 Å². The minimum absolute atomic E-state index is 0.0527. The third-order valence-electron chi connectivity index (χ3n) is 2.81. The standard InChI is InChI=1S/C11H20N4O3S/c1-4-8(12)6-14-19(17,18)9-5-10(11(16)13-2)15(3)7-9/h5,7-8,14H,4,6,12H2,1-3H3,(H,13,16). The largest absolute Gasteiger partial charge is 0.354 e. The molecule has 1 aromatic rings. The van der Waals surface area contributed by atoms with Crippen LogP contribution in [0.25, 0.3) is 0 Å². The van der Waals surface area contributed by atoms with Crippen LogP contribution >= 0.6 is 0 Å². The predicted octanol–water partition coefficient (Wildman–Crippen LogP) is -0.600. The molecule has 0 spiro atoms. The predicted molar refractivity (Wildman–Crippen MR) is 72.3 cm³/mol. The van der Waals surface area contributed by atoms with E-state index >= 15 is 0 Å². The summed E-state index contributed by atoms with van der Waals surface area (Å²) >= 11 is 0. The van der Waals surface area contributed by atoms with Crippen molar-refractivity contribution in [2.75, 3.05) is 13.6 Å². The zero-order valence-corrected chi connectivity index (χ0v) is 12.1. The van der Waals surface area contributed by atoms with Crippen molar-refractivity contribution in [3.8, 4) is 0 Å². The fraction of sp³-hybridized carbons (Fsp3) is 0.545. The van der Waals surface area contributed by atoms with Gasteiger partial charge in [-0.3, -0.25) is 4.79 Å². The summed E-state index contributed by atoms with van der Waals surface area (Å²) in [5.41, 5.74) is 5.95. The topological polar surface area (TPSA) is 106 Å². The summed E-state index contributed by atoms with van der Waals surface area (Å²) < 4.78 is 27.9. The first kappa shape index (κ1) is 15.7. The van der Waals surface area contributed by atoms with Gasteiger partial charge >= 0.3 is 0 Å². The summed E-state index contributed by atoms with van der Waals surface area (Å²) in [5, 5.41) is 2.45. The second-order valence-corrected chi connectivity index (χ2v) is 6.04. The molecule has 0 aliphatic heterocycles. The van der Waals surface area contributed by atoms with Crippen LogP contribution < -0.4 is 15.8 Å². The molecule has 0 aliphatic rings. The van der Waals surface area contributed by atoms with E-state index in [1.807, 2.05) is 6.92 Å². The molecule has 1 amide bonds. The summed E-state index contributed by atoms with van der Waals surface area (Å²) in [6.45, 7) is 2.05.